The average molecular weight is 500 g/mol. The highest BCUT2D eigenvalue weighted by Gasteiger charge is 2.17. The summed E-state index contributed by atoms with van der Waals surface area (Å²) in [6, 6.07) is 49.7. The Balaban J connectivity index is 1.36. The molecule has 0 aliphatic rings. The third-order valence-electron chi connectivity index (χ3n) is 7.83. The van der Waals surface area contributed by atoms with E-state index in [2.05, 4.69) is 149 Å². The third kappa shape index (κ3) is 3.48. The molecule has 0 aliphatic carbocycles. The number of fused-ring (bicyclic) bond motifs is 6. The summed E-state index contributed by atoms with van der Waals surface area (Å²) in [4.78, 5) is 0. The molecule has 3 nitrogen and oxygen atoms in total. The van der Waals surface area contributed by atoms with Gasteiger partial charge in [0.15, 0.2) is 0 Å². The Morgan fingerprint density at radius 3 is 2.00 bits per heavy atom. The van der Waals surface area contributed by atoms with E-state index in [-0.39, 0.29) is 0 Å². The van der Waals surface area contributed by atoms with Crippen molar-refractivity contribution in [2.75, 3.05) is 0 Å². The minimum absolute atomic E-state index is 0.622. The lowest BCUT2D eigenvalue weighted by molar-refractivity contribution is 0.584. The van der Waals surface area contributed by atoms with Gasteiger partial charge >= 0.3 is 0 Å². The van der Waals surface area contributed by atoms with E-state index >= 15 is 0 Å². The van der Waals surface area contributed by atoms with Crippen LogP contribution in [0.15, 0.2) is 140 Å². The molecule has 8 aromatic rings. The highest BCUT2D eigenvalue weighted by Crippen LogP contribution is 2.37. The Hall–Kier alpha value is -5.15. The molecule has 0 N–H and O–H groups in total. The first-order valence-electron chi connectivity index (χ1n) is 13.4. The molecule has 3 heteroatoms. The molecule has 0 fully saturated rings. The molecule has 0 bridgehead atoms. The summed E-state index contributed by atoms with van der Waals surface area (Å²) in [5, 5.41) is 11.3. The van der Waals surface area contributed by atoms with Crippen LogP contribution in [0.2, 0.25) is 0 Å². The number of benzene rings is 6. The monoisotopic (exact) mass is 499 g/mol. The summed E-state index contributed by atoms with van der Waals surface area (Å²) in [5.41, 5.74) is 8.23. The molecule has 0 amide bonds. The van der Waals surface area contributed by atoms with E-state index < -0.39 is 0 Å². The van der Waals surface area contributed by atoms with E-state index in [1.807, 2.05) is 0 Å². The lowest BCUT2D eigenvalue weighted by Crippen LogP contribution is -2.10. The summed E-state index contributed by atoms with van der Waals surface area (Å²) in [6.07, 6.45) is 0. The molecule has 0 radical (unpaired) electrons. The molecular formula is C36H25N3. The maximum Gasteiger partial charge on any atom is 0.117 e. The molecule has 0 unspecified atom stereocenters. The van der Waals surface area contributed by atoms with Crippen molar-refractivity contribution in [2.45, 2.75) is 6.67 Å². The molecule has 0 saturated heterocycles. The molecule has 184 valence electrons. The van der Waals surface area contributed by atoms with Crippen LogP contribution in [0.4, 0.5) is 0 Å². The number of rotatable bonds is 4. The van der Waals surface area contributed by atoms with E-state index in [0.29, 0.717) is 6.67 Å². The standard InChI is InChI=1S/C36H25N3/c1-3-11-25(12-4-1)27-19-21-29-28(23-27)20-22-34-35(29)31-16-8-10-18-33(31)38(34)24-39-36(26-13-5-2-6-14-26)30-15-7-9-17-32(30)37-39/h1-23H,24H2. The normalized spacial score (nSPS) is 11.7. The summed E-state index contributed by atoms with van der Waals surface area (Å²) >= 11 is 0. The van der Waals surface area contributed by atoms with Gasteiger partial charge in [-0.25, -0.2) is 4.68 Å². The van der Waals surface area contributed by atoms with Crippen molar-refractivity contribution in [3.05, 3.63) is 140 Å². The summed E-state index contributed by atoms with van der Waals surface area (Å²) in [6.45, 7) is 0.622. The first-order chi connectivity index (χ1) is 19.3. The number of aromatic nitrogens is 3. The molecule has 2 heterocycles. The Bertz CT molecular complexity index is 2130. The van der Waals surface area contributed by atoms with Crippen LogP contribution in [0.3, 0.4) is 0 Å². The van der Waals surface area contributed by atoms with E-state index in [1.54, 1.807) is 0 Å². The largest absolute Gasteiger partial charge is 0.320 e. The zero-order valence-corrected chi connectivity index (χ0v) is 21.3. The van der Waals surface area contributed by atoms with Crippen molar-refractivity contribution < 1.29 is 0 Å². The van der Waals surface area contributed by atoms with Crippen LogP contribution in [0.1, 0.15) is 0 Å². The molecular weight excluding hydrogens is 474 g/mol. The SMILES string of the molecule is c1ccc(-c2ccc3c(ccc4c3c3ccccc3n4Cn3nc4ccccc4c3-c3ccccc3)c2)cc1. The molecule has 2 aromatic heterocycles. The molecule has 39 heavy (non-hydrogen) atoms. The van der Waals surface area contributed by atoms with Gasteiger partial charge in [-0.15, -0.1) is 0 Å². The van der Waals surface area contributed by atoms with Gasteiger partial charge in [0.25, 0.3) is 0 Å². The summed E-state index contributed by atoms with van der Waals surface area (Å²) in [5.74, 6) is 0. The van der Waals surface area contributed by atoms with Gasteiger partial charge in [-0.3, -0.25) is 0 Å². The van der Waals surface area contributed by atoms with Crippen molar-refractivity contribution in [1.82, 2.24) is 14.3 Å². The quantitative estimate of drug-likeness (QED) is 0.237. The Morgan fingerprint density at radius 1 is 0.487 bits per heavy atom. The third-order valence-corrected chi connectivity index (χ3v) is 7.83. The first-order valence-corrected chi connectivity index (χ1v) is 13.4. The molecule has 0 atom stereocenters. The van der Waals surface area contributed by atoms with Gasteiger partial charge in [0.1, 0.15) is 6.67 Å². The van der Waals surface area contributed by atoms with Crippen LogP contribution in [-0.2, 0) is 6.67 Å². The molecule has 0 spiro atoms. The zero-order valence-electron chi connectivity index (χ0n) is 21.3. The van der Waals surface area contributed by atoms with Crippen LogP contribution in [0, 0.1) is 0 Å². The van der Waals surface area contributed by atoms with Crippen LogP contribution < -0.4 is 0 Å². The summed E-state index contributed by atoms with van der Waals surface area (Å²) in [7, 11) is 0. The number of hydrogen-bond donors (Lipinski definition) is 0. The second-order valence-corrected chi connectivity index (χ2v) is 10.1. The fourth-order valence-corrected chi connectivity index (χ4v) is 6.06. The van der Waals surface area contributed by atoms with Gasteiger partial charge in [0, 0.05) is 21.7 Å². The predicted molar refractivity (Wildman–Crippen MR) is 163 cm³/mol. The first kappa shape index (κ1) is 21.9. The van der Waals surface area contributed by atoms with Crippen LogP contribution in [0.25, 0.3) is 65.9 Å². The van der Waals surface area contributed by atoms with E-state index in [1.165, 1.54) is 54.7 Å². The Kier molecular flexibility index (Phi) is 4.89. The van der Waals surface area contributed by atoms with Crippen molar-refractivity contribution in [3.63, 3.8) is 0 Å². The van der Waals surface area contributed by atoms with Gasteiger partial charge in [-0.2, -0.15) is 5.10 Å². The fraction of sp³-hybridized carbons (Fsp3) is 0.0278. The zero-order chi connectivity index (χ0) is 25.8. The number of nitrogens with zero attached hydrogens (tertiary/aromatic N) is 3. The smallest absolute Gasteiger partial charge is 0.117 e. The predicted octanol–water partition coefficient (Wildman–Crippen LogP) is 9.14. The van der Waals surface area contributed by atoms with E-state index in [9.17, 15) is 0 Å². The van der Waals surface area contributed by atoms with Gasteiger partial charge < -0.3 is 4.57 Å². The van der Waals surface area contributed by atoms with Gasteiger partial charge in [-0.05, 0) is 46.2 Å². The van der Waals surface area contributed by atoms with Crippen LogP contribution in [-0.4, -0.2) is 14.3 Å². The summed E-state index contributed by atoms with van der Waals surface area (Å²) < 4.78 is 4.57. The maximum atomic E-state index is 5.08. The van der Waals surface area contributed by atoms with E-state index in [4.69, 9.17) is 5.10 Å². The molecule has 6 aromatic carbocycles. The van der Waals surface area contributed by atoms with Gasteiger partial charge in [0.2, 0.25) is 0 Å². The topological polar surface area (TPSA) is 22.8 Å². The number of hydrogen-bond acceptors (Lipinski definition) is 1. The highest BCUT2D eigenvalue weighted by molar-refractivity contribution is 6.21. The Morgan fingerprint density at radius 2 is 1.18 bits per heavy atom. The molecule has 0 aliphatic heterocycles. The maximum absolute atomic E-state index is 5.08. The lowest BCUT2D eigenvalue weighted by atomic mass is 9.98. The van der Waals surface area contributed by atoms with Crippen molar-refractivity contribution in [2.24, 2.45) is 0 Å². The second kappa shape index (κ2) is 8.71. The highest BCUT2D eigenvalue weighted by atomic mass is 15.3. The van der Waals surface area contributed by atoms with Crippen molar-refractivity contribution in [1.29, 1.82) is 0 Å². The van der Waals surface area contributed by atoms with Crippen molar-refractivity contribution in [3.8, 4) is 22.4 Å². The Labute approximate surface area is 226 Å². The van der Waals surface area contributed by atoms with E-state index in [0.717, 1.165) is 11.2 Å². The van der Waals surface area contributed by atoms with Crippen LogP contribution in [0.5, 0.6) is 0 Å². The minimum Gasteiger partial charge on any atom is -0.320 e. The average Bonchev–Trinajstić information content (AvgIpc) is 3.53. The fourth-order valence-electron chi connectivity index (χ4n) is 6.06. The van der Waals surface area contributed by atoms with Gasteiger partial charge in [-0.1, -0.05) is 115 Å². The van der Waals surface area contributed by atoms with Crippen LogP contribution >= 0.6 is 0 Å². The number of para-hydroxylation sites is 1. The minimum atomic E-state index is 0.622. The van der Waals surface area contributed by atoms with Crippen molar-refractivity contribution >= 4 is 43.5 Å². The molecule has 0 saturated carbocycles. The second-order valence-electron chi connectivity index (χ2n) is 10.1. The molecule has 8 rings (SSSR count). The lowest BCUT2D eigenvalue weighted by Gasteiger charge is -2.12. The van der Waals surface area contributed by atoms with Gasteiger partial charge in [0.05, 0.1) is 22.2 Å².